The van der Waals surface area contributed by atoms with Gasteiger partial charge in [-0.2, -0.15) is 0 Å². The predicted molar refractivity (Wildman–Crippen MR) is 68.7 cm³/mol. The largest absolute Gasteiger partial charge is 0.383 e. The Hall–Kier alpha value is -0.380. The van der Waals surface area contributed by atoms with Crippen molar-refractivity contribution in [1.82, 2.24) is 10.2 Å². The van der Waals surface area contributed by atoms with E-state index in [4.69, 9.17) is 4.74 Å². The van der Waals surface area contributed by atoms with Crippen LogP contribution in [0.15, 0.2) is 11.6 Å². The summed E-state index contributed by atoms with van der Waals surface area (Å²) in [6.07, 6.45) is 3.50. The van der Waals surface area contributed by atoms with Crippen LogP contribution in [-0.2, 0) is 4.74 Å². The average molecular weight is 226 g/mol. The number of methoxy groups -OCH3 is 1. The SMILES string of the molecule is CC=C(C)CNCC1CCN(CCOC)C1. The molecule has 0 saturated carbocycles. The van der Waals surface area contributed by atoms with Gasteiger partial charge in [0.05, 0.1) is 6.61 Å². The molecule has 0 amide bonds. The first-order valence-corrected chi connectivity index (χ1v) is 6.30. The topological polar surface area (TPSA) is 24.5 Å². The lowest BCUT2D eigenvalue weighted by atomic mass is 10.1. The molecule has 0 aromatic rings. The van der Waals surface area contributed by atoms with Crippen LogP contribution in [0.2, 0.25) is 0 Å². The second-order valence-corrected chi connectivity index (χ2v) is 4.71. The van der Waals surface area contributed by atoms with Crippen molar-refractivity contribution in [1.29, 1.82) is 0 Å². The molecule has 1 aliphatic rings. The van der Waals surface area contributed by atoms with Crippen molar-refractivity contribution in [3.63, 3.8) is 0 Å². The van der Waals surface area contributed by atoms with E-state index in [9.17, 15) is 0 Å². The molecule has 1 rings (SSSR count). The molecule has 0 radical (unpaired) electrons. The molecule has 94 valence electrons. The summed E-state index contributed by atoms with van der Waals surface area (Å²) in [5, 5.41) is 3.53. The molecule has 0 aromatic heterocycles. The maximum absolute atomic E-state index is 5.10. The summed E-state index contributed by atoms with van der Waals surface area (Å²) in [4.78, 5) is 2.50. The first-order chi connectivity index (χ1) is 7.76. The van der Waals surface area contributed by atoms with Crippen molar-refractivity contribution in [3.05, 3.63) is 11.6 Å². The van der Waals surface area contributed by atoms with E-state index in [0.29, 0.717) is 0 Å². The van der Waals surface area contributed by atoms with E-state index in [2.05, 4.69) is 30.1 Å². The monoisotopic (exact) mass is 226 g/mol. The highest BCUT2D eigenvalue weighted by Gasteiger charge is 2.21. The fraction of sp³-hybridized carbons (Fsp3) is 0.846. The Labute approximate surface area is 99.8 Å². The normalized spacial score (nSPS) is 22.9. The number of ether oxygens (including phenoxy) is 1. The molecule has 1 aliphatic heterocycles. The van der Waals surface area contributed by atoms with Crippen molar-refractivity contribution in [2.45, 2.75) is 20.3 Å². The zero-order valence-electron chi connectivity index (χ0n) is 11.0. The van der Waals surface area contributed by atoms with E-state index in [-0.39, 0.29) is 0 Å². The zero-order valence-corrected chi connectivity index (χ0v) is 11.0. The van der Waals surface area contributed by atoms with Gasteiger partial charge in [-0.3, -0.25) is 0 Å². The van der Waals surface area contributed by atoms with Crippen LogP contribution in [0.1, 0.15) is 20.3 Å². The number of hydrogen-bond donors (Lipinski definition) is 1. The van der Waals surface area contributed by atoms with Crippen LogP contribution in [0.4, 0.5) is 0 Å². The first-order valence-electron chi connectivity index (χ1n) is 6.30. The number of nitrogens with one attached hydrogen (secondary N) is 1. The highest BCUT2D eigenvalue weighted by Crippen LogP contribution is 2.14. The lowest BCUT2D eigenvalue weighted by Crippen LogP contribution is -2.29. The molecule has 1 atom stereocenters. The van der Waals surface area contributed by atoms with Crippen molar-refractivity contribution in [3.8, 4) is 0 Å². The van der Waals surface area contributed by atoms with Gasteiger partial charge in [0.15, 0.2) is 0 Å². The zero-order chi connectivity index (χ0) is 11.8. The van der Waals surface area contributed by atoms with Crippen LogP contribution in [0.5, 0.6) is 0 Å². The van der Waals surface area contributed by atoms with Crippen molar-refractivity contribution >= 4 is 0 Å². The second kappa shape index (κ2) is 7.82. The summed E-state index contributed by atoms with van der Waals surface area (Å²) in [6.45, 7) is 10.9. The Bertz CT molecular complexity index is 216. The fourth-order valence-electron chi connectivity index (χ4n) is 2.08. The van der Waals surface area contributed by atoms with Gasteiger partial charge in [0.2, 0.25) is 0 Å². The summed E-state index contributed by atoms with van der Waals surface area (Å²) >= 11 is 0. The van der Waals surface area contributed by atoms with Crippen LogP contribution >= 0.6 is 0 Å². The minimum absolute atomic E-state index is 0.821. The molecule has 16 heavy (non-hydrogen) atoms. The van der Waals surface area contributed by atoms with E-state index in [1.54, 1.807) is 7.11 Å². The van der Waals surface area contributed by atoms with Gasteiger partial charge >= 0.3 is 0 Å². The molecule has 0 bridgehead atoms. The van der Waals surface area contributed by atoms with Crippen molar-refractivity contribution < 1.29 is 4.74 Å². The smallest absolute Gasteiger partial charge is 0.0589 e. The maximum Gasteiger partial charge on any atom is 0.0589 e. The van der Waals surface area contributed by atoms with E-state index in [1.807, 2.05) is 0 Å². The van der Waals surface area contributed by atoms with Gasteiger partial charge in [0.1, 0.15) is 0 Å². The molecule has 1 fully saturated rings. The lowest BCUT2D eigenvalue weighted by Gasteiger charge is -2.15. The van der Waals surface area contributed by atoms with Gasteiger partial charge in [-0.15, -0.1) is 0 Å². The van der Waals surface area contributed by atoms with Crippen LogP contribution in [0.3, 0.4) is 0 Å². The standard InChI is InChI=1S/C13H26N2O/c1-4-12(2)9-14-10-13-5-6-15(11-13)7-8-16-3/h4,13-14H,5-11H2,1-3H3. The molecule has 0 aromatic carbocycles. The van der Waals surface area contributed by atoms with Crippen molar-refractivity contribution in [2.75, 3.05) is 46.4 Å². The first kappa shape index (κ1) is 13.7. The van der Waals surface area contributed by atoms with Crippen LogP contribution < -0.4 is 5.32 Å². The molecule has 1 heterocycles. The quantitative estimate of drug-likeness (QED) is 0.666. The Morgan fingerprint density at radius 3 is 3.06 bits per heavy atom. The molecule has 0 spiro atoms. The number of nitrogens with zero attached hydrogens (tertiary/aromatic N) is 1. The Kier molecular flexibility index (Phi) is 6.69. The van der Waals surface area contributed by atoms with E-state index < -0.39 is 0 Å². The molecule has 1 unspecified atom stereocenters. The van der Waals surface area contributed by atoms with E-state index >= 15 is 0 Å². The minimum atomic E-state index is 0.821. The Morgan fingerprint density at radius 2 is 2.38 bits per heavy atom. The molecule has 1 saturated heterocycles. The Balaban J connectivity index is 2.07. The molecular formula is C13H26N2O. The number of rotatable bonds is 7. The summed E-state index contributed by atoms with van der Waals surface area (Å²) in [5.41, 5.74) is 1.43. The number of allylic oxidation sites excluding steroid dienone is 1. The van der Waals surface area contributed by atoms with Crippen LogP contribution in [0, 0.1) is 5.92 Å². The summed E-state index contributed by atoms with van der Waals surface area (Å²) < 4.78 is 5.10. The van der Waals surface area contributed by atoms with Gasteiger partial charge in [0, 0.05) is 26.7 Å². The minimum Gasteiger partial charge on any atom is -0.383 e. The highest BCUT2D eigenvalue weighted by molar-refractivity contribution is 4.97. The van der Waals surface area contributed by atoms with Gasteiger partial charge < -0.3 is 15.0 Å². The predicted octanol–water partition coefficient (Wildman–Crippen LogP) is 1.51. The van der Waals surface area contributed by atoms with Gasteiger partial charge in [-0.05, 0) is 39.3 Å². The molecule has 3 nitrogen and oxygen atoms in total. The molecule has 3 heteroatoms. The highest BCUT2D eigenvalue weighted by atomic mass is 16.5. The van der Waals surface area contributed by atoms with Gasteiger partial charge in [0.25, 0.3) is 0 Å². The fourth-order valence-corrected chi connectivity index (χ4v) is 2.08. The molecule has 0 aliphatic carbocycles. The van der Waals surface area contributed by atoms with Crippen LogP contribution in [-0.4, -0.2) is 51.3 Å². The summed E-state index contributed by atoms with van der Waals surface area (Å²) in [6, 6.07) is 0. The van der Waals surface area contributed by atoms with Crippen molar-refractivity contribution in [2.24, 2.45) is 5.92 Å². The Morgan fingerprint density at radius 1 is 1.56 bits per heavy atom. The lowest BCUT2D eigenvalue weighted by molar-refractivity contribution is 0.159. The van der Waals surface area contributed by atoms with Crippen LogP contribution in [0.25, 0.3) is 0 Å². The summed E-state index contributed by atoms with van der Waals surface area (Å²) in [7, 11) is 1.77. The third-order valence-corrected chi connectivity index (χ3v) is 3.31. The van der Waals surface area contributed by atoms with Gasteiger partial charge in [-0.25, -0.2) is 0 Å². The average Bonchev–Trinajstić information content (AvgIpc) is 2.74. The van der Waals surface area contributed by atoms with Gasteiger partial charge in [-0.1, -0.05) is 11.6 Å². The third kappa shape index (κ3) is 5.10. The number of likely N-dealkylation sites (tertiary alicyclic amines) is 1. The van der Waals surface area contributed by atoms with E-state index in [0.717, 1.165) is 32.2 Å². The second-order valence-electron chi connectivity index (χ2n) is 4.71. The number of hydrogen-bond acceptors (Lipinski definition) is 3. The molecule has 1 N–H and O–H groups in total. The summed E-state index contributed by atoms with van der Waals surface area (Å²) in [5.74, 6) is 0.821. The van der Waals surface area contributed by atoms with E-state index in [1.165, 1.54) is 25.1 Å². The third-order valence-electron chi connectivity index (χ3n) is 3.31. The molecular weight excluding hydrogens is 200 g/mol. The maximum atomic E-state index is 5.10.